The molecule has 3 fully saturated rings. The van der Waals surface area contributed by atoms with E-state index in [1.54, 1.807) is 9.91 Å². The van der Waals surface area contributed by atoms with Gasteiger partial charge in [0.15, 0.2) is 5.82 Å². The van der Waals surface area contributed by atoms with E-state index in [0.29, 0.717) is 51.0 Å². The molecule has 32 heavy (non-hydrogen) atoms. The predicted octanol–water partition coefficient (Wildman–Crippen LogP) is 3.62. The monoisotopic (exact) mass is 453 g/mol. The van der Waals surface area contributed by atoms with Gasteiger partial charge < -0.3 is 4.90 Å². The first-order valence-electron chi connectivity index (χ1n) is 10.4. The van der Waals surface area contributed by atoms with Crippen molar-refractivity contribution in [1.82, 2.24) is 20.0 Å². The summed E-state index contributed by atoms with van der Waals surface area (Å²) >= 11 is 0. The second-order valence-corrected chi connectivity index (χ2v) is 8.52. The first kappa shape index (κ1) is 21.0. The van der Waals surface area contributed by atoms with Crippen molar-refractivity contribution < 1.29 is 26.7 Å². The number of rotatable bonds is 3. The summed E-state index contributed by atoms with van der Waals surface area (Å²) in [4.78, 5) is 22.6. The molecular formula is C21H20F5N5O. The molecule has 1 aromatic carbocycles. The molecular weight excluding hydrogens is 433 g/mol. The Balaban J connectivity index is 1.33. The van der Waals surface area contributed by atoms with Gasteiger partial charge in [0.1, 0.15) is 17.3 Å². The number of carbonyl (C=O) groups is 1. The summed E-state index contributed by atoms with van der Waals surface area (Å²) in [5.74, 6) is -2.61. The van der Waals surface area contributed by atoms with Gasteiger partial charge in [0.25, 0.3) is 6.43 Å². The molecule has 11 heteroatoms. The fraction of sp³-hybridized carbons (Fsp3) is 0.476. The van der Waals surface area contributed by atoms with Gasteiger partial charge in [-0.05, 0) is 37.0 Å². The number of hydrazine groups is 1. The van der Waals surface area contributed by atoms with Gasteiger partial charge in [-0.15, -0.1) is 0 Å². The largest absolute Gasteiger partial charge is 0.341 e. The Morgan fingerprint density at radius 2 is 1.72 bits per heavy atom. The zero-order valence-corrected chi connectivity index (χ0v) is 16.9. The Morgan fingerprint density at radius 1 is 1.03 bits per heavy atom. The van der Waals surface area contributed by atoms with Crippen molar-refractivity contribution in [3.05, 3.63) is 53.1 Å². The Labute approximate surface area is 180 Å². The number of aromatic nitrogens is 2. The highest BCUT2D eigenvalue weighted by Gasteiger charge is 2.56. The Kier molecular flexibility index (Phi) is 5.03. The average Bonchev–Trinajstić information content (AvgIpc) is 3.26. The van der Waals surface area contributed by atoms with Gasteiger partial charge in [0, 0.05) is 32.2 Å². The van der Waals surface area contributed by atoms with E-state index in [9.17, 15) is 26.7 Å². The molecule has 5 rings (SSSR count). The number of amides is 1. The number of halogens is 5. The fourth-order valence-corrected chi connectivity index (χ4v) is 5.04. The number of hydrogen-bond donors (Lipinski definition) is 0. The number of alkyl halides is 2. The number of hydrogen-bond acceptors (Lipinski definition) is 5. The highest BCUT2D eigenvalue weighted by Crippen LogP contribution is 2.47. The molecule has 3 saturated heterocycles. The molecule has 0 N–H and O–H groups in total. The molecule has 1 amide bonds. The third-order valence-electron chi connectivity index (χ3n) is 6.65. The average molecular weight is 453 g/mol. The van der Waals surface area contributed by atoms with Crippen LogP contribution in [0.5, 0.6) is 0 Å². The molecule has 170 valence electrons. The molecule has 0 unspecified atom stereocenters. The van der Waals surface area contributed by atoms with Crippen LogP contribution in [0.25, 0.3) is 0 Å². The summed E-state index contributed by atoms with van der Waals surface area (Å²) in [6.45, 7) is 1.78. The van der Waals surface area contributed by atoms with Gasteiger partial charge >= 0.3 is 0 Å². The lowest BCUT2D eigenvalue weighted by Gasteiger charge is -2.37. The van der Waals surface area contributed by atoms with Crippen LogP contribution in [0, 0.1) is 22.9 Å². The van der Waals surface area contributed by atoms with Crippen molar-refractivity contribution >= 4 is 11.9 Å². The lowest BCUT2D eigenvalue weighted by Crippen LogP contribution is -2.46. The summed E-state index contributed by atoms with van der Waals surface area (Å²) in [6.07, 6.45) is -0.855. The minimum absolute atomic E-state index is 0.0101. The lowest BCUT2D eigenvalue weighted by atomic mass is 9.78. The summed E-state index contributed by atoms with van der Waals surface area (Å²) in [5, 5.41) is 3.54. The SMILES string of the molecule is O=C1N2[C@H](c3cc(F)cc(F)c3)CCN2CC12CCN(c1ncc(F)c(C(F)F)n1)CC2. The molecule has 0 aliphatic carbocycles. The van der Waals surface area contributed by atoms with Crippen LogP contribution in [0.2, 0.25) is 0 Å². The zero-order valence-electron chi connectivity index (χ0n) is 16.9. The molecule has 1 atom stereocenters. The number of nitrogens with zero attached hydrogens (tertiary/aromatic N) is 5. The van der Waals surface area contributed by atoms with E-state index in [1.165, 1.54) is 12.1 Å². The standard InChI is InChI=1S/C21H20F5N5O/c22-13-7-12(8-14(23)9-13)16-1-4-30-11-21(19(32)31(16)30)2-5-29(6-3-21)20-27-10-15(24)17(28-20)18(25)26/h7-10,16,18H,1-6,11H2/t16-/m0/s1. The smallest absolute Gasteiger partial charge is 0.283 e. The van der Waals surface area contributed by atoms with Crippen molar-refractivity contribution in [2.75, 3.05) is 31.1 Å². The quantitative estimate of drug-likeness (QED) is 0.665. The van der Waals surface area contributed by atoms with E-state index < -0.39 is 41.0 Å². The minimum atomic E-state index is -3.05. The Morgan fingerprint density at radius 3 is 2.38 bits per heavy atom. The van der Waals surface area contributed by atoms with E-state index in [0.717, 1.165) is 12.3 Å². The molecule has 3 aliphatic rings. The molecule has 6 nitrogen and oxygen atoms in total. The van der Waals surface area contributed by atoms with Crippen LogP contribution in [0.3, 0.4) is 0 Å². The molecule has 3 aliphatic heterocycles. The summed E-state index contributed by atoms with van der Waals surface area (Å²) < 4.78 is 66.9. The third kappa shape index (κ3) is 3.39. The van der Waals surface area contributed by atoms with Crippen LogP contribution < -0.4 is 4.90 Å². The third-order valence-corrected chi connectivity index (χ3v) is 6.65. The maximum absolute atomic E-state index is 13.7. The van der Waals surface area contributed by atoms with Gasteiger partial charge in [0.05, 0.1) is 17.7 Å². The van der Waals surface area contributed by atoms with Crippen LogP contribution in [-0.4, -0.2) is 52.1 Å². The van der Waals surface area contributed by atoms with Gasteiger partial charge in [0.2, 0.25) is 11.9 Å². The van der Waals surface area contributed by atoms with Crippen molar-refractivity contribution in [1.29, 1.82) is 0 Å². The number of fused-ring (bicyclic) bond motifs is 1. The van der Waals surface area contributed by atoms with E-state index in [1.807, 2.05) is 5.01 Å². The summed E-state index contributed by atoms with van der Waals surface area (Å²) in [7, 11) is 0. The van der Waals surface area contributed by atoms with Crippen molar-refractivity contribution in [2.24, 2.45) is 5.41 Å². The summed E-state index contributed by atoms with van der Waals surface area (Å²) in [5.41, 5.74) is -1.19. The lowest BCUT2D eigenvalue weighted by molar-refractivity contribution is -0.143. The normalized spacial score (nSPS) is 22.9. The van der Waals surface area contributed by atoms with E-state index >= 15 is 0 Å². The van der Waals surface area contributed by atoms with Crippen molar-refractivity contribution in [3.8, 4) is 0 Å². The van der Waals surface area contributed by atoms with Gasteiger partial charge in [-0.1, -0.05) is 0 Å². The molecule has 0 saturated carbocycles. The van der Waals surface area contributed by atoms with E-state index in [4.69, 9.17) is 0 Å². The highest BCUT2D eigenvalue weighted by atomic mass is 19.3. The van der Waals surface area contributed by atoms with Gasteiger partial charge in [-0.3, -0.25) is 9.80 Å². The van der Waals surface area contributed by atoms with Crippen molar-refractivity contribution in [2.45, 2.75) is 31.7 Å². The Bertz CT molecular complexity index is 1040. The van der Waals surface area contributed by atoms with Crippen LogP contribution in [-0.2, 0) is 4.79 Å². The van der Waals surface area contributed by atoms with Crippen LogP contribution in [0.15, 0.2) is 24.4 Å². The molecule has 0 bridgehead atoms. The second kappa shape index (κ2) is 7.65. The molecule has 1 spiro atoms. The predicted molar refractivity (Wildman–Crippen MR) is 103 cm³/mol. The maximum Gasteiger partial charge on any atom is 0.283 e. The first-order valence-corrected chi connectivity index (χ1v) is 10.4. The number of benzene rings is 1. The summed E-state index contributed by atoms with van der Waals surface area (Å²) in [6, 6.07) is 2.88. The molecule has 1 aromatic heterocycles. The molecule has 4 heterocycles. The highest BCUT2D eigenvalue weighted by molar-refractivity contribution is 5.85. The molecule has 0 radical (unpaired) electrons. The van der Waals surface area contributed by atoms with Crippen molar-refractivity contribution in [3.63, 3.8) is 0 Å². The zero-order chi connectivity index (χ0) is 22.6. The maximum atomic E-state index is 13.7. The second-order valence-electron chi connectivity index (χ2n) is 8.52. The van der Waals surface area contributed by atoms with Crippen LogP contribution in [0.4, 0.5) is 27.9 Å². The van der Waals surface area contributed by atoms with Gasteiger partial charge in [-0.2, -0.15) is 0 Å². The topological polar surface area (TPSA) is 52.6 Å². The number of anilines is 1. The van der Waals surface area contributed by atoms with E-state index in [-0.39, 0.29) is 11.9 Å². The molecule has 2 aromatic rings. The first-order chi connectivity index (χ1) is 15.3. The van der Waals surface area contributed by atoms with E-state index in [2.05, 4.69) is 9.97 Å². The van der Waals surface area contributed by atoms with Crippen LogP contribution >= 0.6 is 0 Å². The number of piperidine rings is 1. The van der Waals surface area contributed by atoms with Gasteiger partial charge in [-0.25, -0.2) is 36.9 Å². The fourth-order valence-electron chi connectivity index (χ4n) is 5.04. The van der Waals surface area contributed by atoms with Crippen LogP contribution in [0.1, 0.15) is 43.0 Å². The Hall–Kier alpha value is -2.82. The minimum Gasteiger partial charge on any atom is -0.341 e. The number of carbonyl (C=O) groups excluding carboxylic acids is 1.